The van der Waals surface area contributed by atoms with E-state index in [1.54, 1.807) is 0 Å². The van der Waals surface area contributed by atoms with Crippen LogP contribution in [0.15, 0.2) is 29.4 Å². The first-order valence-electron chi connectivity index (χ1n) is 5.96. The summed E-state index contributed by atoms with van der Waals surface area (Å²) < 4.78 is 40.7. The molecular weight excluding hydrogens is 311 g/mol. The molecule has 0 radical (unpaired) electrons. The summed E-state index contributed by atoms with van der Waals surface area (Å²) >= 11 is 0. The zero-order valence-electron chi connectivity index (χ0n) is 10.9. The van der Waals surface area contributed by atoms with Crippen LogP contribution in [0.25, 0.3) is 10.9 Å². The Kier molecular flexibility index (Phi) is 3.00. The van der Waals surface area contributed by atoms with E-state index in [0.717, 1.165) is 12.3 Å². The molecule has 2 heterocycles. The van der Waals surface area contributed by atoms with Crippen molar-refractivity contribution < 1.29 is 12.8 Å². The molecule has 0 aliphatic carbocycles. The van der Waals surface area contributed by atoms with Gasteiger partial charge in [-0.2, -0.15) is 10.4 Å². The van der Waals surface area contributed by atoms with Crippen molar-refractivity contribution >= 4 is 32.4 Å². The SMILES string of the molecule is N#Cc1c[nH]c2c(NS(=O)(=O)c3c[nH]nc3N)ccc(F)c12. The van der Waals surface area contributed by atoms with Gasteiger partial charge in [-0.1, -0.05) is 0 Å². The van der Waals surface area contributed by atoms with Gasteiger partial charge in [-0.05, 0) is 12.1 Å². The van der Waals surface area contributed by atoms with Crippen molar-refractivity contribution in [3.63, 3.8) is 0 Å². The number of nitrogen functional groups attached to an aromatic ring is 1. The number of H-pyrrole nitrogens is 2. The minimum Gasteiger partial charge on any atom is -0.381 e. The number of hydrogen-bond acceptors (Lipinski definition) is 5. The van der Waals surface area contributed by atoms with Gasteiger partial charge in [-0.25, -0.2) is 12.8 Å². The maximum atomic E-state index is 13.8. The van der Waals surface area contributed by atoms with Crippen LogP contribution in [0.2, 0.25) is 0 Å². The predicted molar refractivity (Wildman–Crippen MR) is 76.8 cm³/mol. The van der Waals surface area contributed by atoms with Crippen molar-refractivity contribution in [2.45, 2.75) is 4.90 Å². The van der Waals surface area contributed by atoms with Gasteiger partial charge in [0.05, 0.1) is 22.2 Å². The van der Waals surface area contributed by atoms with Gasteiger partial charge in [0.25, 0.3) is 10.0 Å². The number of aromatic nitrogens is 3. The smallest absolute Gasteiger partial charge is 0.267 e. The molecule has 0 fully saturated rings. The quantitative estimate of drug-likeness (QED) is 0.575. The van der Waals surface area contributed by atoms with Crippen molar-refractivity contribution in [3.05, 3.63) is 35.9 Å². The Morgan fingerprint density at radius 2 is 2.14 bits per heavy atom. The number of rotatable bonds is 3. The summed E-state index contributed by atoms with van der Waals surface area (Å²) in [5, 5.41) is 14.9. The van der Waals surface area contributed by atoms with Gasteiger partial charge in [-0.15, -0.1) is 0 Å². The van der Waals surface area contributed by atoms with Gasteiger partial charge in [0.2, 0.25) is 0 Å². The molecule has 1 aromatic carbocycles. The van der Waals surface area contributed by atoms with E-state index in [-0.39, 0.29) is 32.9 Å². The van der Waals surface area contributed by atoms with Gasteiger partial charge in [0, 0.05) is 12.4 Å². The maximum Gasteiger partial charge on any atom is 0.267 e. The Balaban J connectivity index is 2.13. The number of anilines is 2. The topological polar surface area (TPSA) is 140 Å². The number of hydrogen-bond donors (Lipinski definition) is 4. The standard InChI is InChI=1S/C12H9FN6O2S/c13-7-1-2-8(11-10(7)6(3-14)4-16-11)19-22(20,21)9-5-17-18-12(9)15/h1-2,4-5,16,19H,(H3,15,17,18). The first-order valence-corrected chi connectivity index (χ1v) is 7.44. The fourth-order valence-corrected chi connectivity index (χ4v) is 3.18. The molecule has 112 valence electrons. The summed E-state index contributed by atoms with van der Waals surface area (Å²) in [6, 6.07) is 4.16. The van der Waals surface area contributed by atoms with E-state index in [1.807, 2.05) is 6.07 Å². The lowest BCUT2D eigenvalue weighted by Gasteiger charge is -2.08. The fraction of sp³-hybridized carbons (Fsp3) is 0. The van der Waals surface area contributed by atoms with E-state index in [1.165, 1.54) is 12.3 Å². The van der Waals surface area contributed by atoms with Crippen LogP contribution in [-0.2, 0) is 10.0 Å². The summed E-state index contributed by atoms with van der Waals surface area (Å²) in [7, 11) is -4.00. The van der Waals surface area contributed by atoms with Gasteiger partial charge in [0.15, 0.2) is 5.82 Å². The molecule has 5 N–H and O–H groups in total. The molecule has 0 aliphatic heterocycles. The van der Waals surface area contributed by atoms with E-state index in [0.29, 0.717) is 0 Å². The Morgan fingerprint density at radius 3 is 2.77 bits per heavy atom. The maximum absolute atomic E-state index is 13.8. The molecule has 0 atom stereocenters. The number of aromatic amines is 2. The van der Waals surface area contributed by atoms with Crippen molar-refractivity contribution in [1.29, 1.82) is 5.26 Å². The van der Waals surface area contributed by atoms with Crippen LogP contribution in [0.5, 0.6) is 0 Å². The highest BCUT2D eigenvalue weighted by molar-refractivity contribution is 7.92. The van der Waals surface area contributed by atoms with Crippen LogP contribution in [0.3, 0.4) is 0 Å². The molecule has 3 aromatic rings. The van der Waals surface area contributed by atoms with Gasteiger partial charge < -0.3 is 10.7 Å². The first kappa shape index (κ1) is 13.9. The summed E-state index contributed by atoms with van der Waals surface area (Å²) in [4.78, 5) is 2.46. The highest BCUT2D eigenvalue weighted by Crippen LogP contribution is 2.29. The van der Waals surface area contributed by atoms with E-state index >= 15 is 0 Å². The molecule has 3 rings (SSSR count). The number of halogens is 1. The number of nitrogens with two attached hydrogens (primary N) is 1. The lowest BCUT2D eigenvalue weighted by atomic mass is 10.1. The Labute approximate surface area is 123 Å². The molecule has 10 heteroatoms. The monoisotopic (exact) mass is 320 g/mol. The predicted octanol–water partition coefficient (Wildman–Crippen LogP) is 1.28. The second-order valence-electron chi connectivity index (χ2n) is 4.40. The van der Waals surface area contributed by atoms with Crippen LogP contribution < -0.4 is 10.5 Å². The summed E-state index contributed by atoms with van der Waals surface area (Å²) in [6.07, 6.45) is 2.44. The molecule has 0 spiro atoms. The van der Waals surface area contributed by atoms with Crippen LogP contribution in [-0.4, -0.2) is 23.6 Å². The van der Waals surface area contributed by atoms with Crippen molar-refractivity contribution in [2.75, 3.05) is 10.5 Å². The number of nitrogens with zero attached hydrogens (tertiary/aromatic N) is 2. The molecule has 0 aliphatic rings. The van der Waals surface area contributed by atoms with E-state index in [9.17, 15) is 12.8 Å². The first-order chi connectivity index (χ1) is 10.4. The average Bonchev–Trinajstić information content (AvgIpc) is 3.08. The minimum atomic E-state index is -4.00. The largest absolute Gasteiger partial charge is 0.381 e. The summed E-state index contributed by atoms with van der Waals surface area (Å²) in [6.45, 7) is 0. The van der Waals surface area contributed by atoms with E-state index in [2.05, 4.69) is 19.9 Å². The highest BCUT2D eigenvalue weighted by Gasteiger charge is 2.22. The van der Waals surface area contributed by atoms with E-state index in [4.69, 9.17) is 11.0 Å². The average molecular weight is 320 g/mol. The van der Waals surface area contributed by atoms with Crippen LogP contribution >= 0.6 is 0 Å². The Hall–Kier alpha value is -3.06. The molecular formula is C12H9FN6O2S. The molecule has 22 heavy (non-hydrogen) atoms. The normalized spacial score (nSPS) is 11.5. The Morgan fingerprint density at radius 1 is 1.36 bits per heavy atom. The van der Waals surface area contributed by atoms with Gasteiger partial charge in [-0.3, -0.25) is 9.82 Å². The number of nitrogens with one attached hydrogen (secondary N) is 3. The number of nitriles is 1. The zero-order chi connectivity index (χ0) is 15.9. The van der Waals surface area contributed by atoms with Crippen molar-refractivity contribution in [3.8, 4) is 6.07 Å². The third-order valence-electron chi connectivity index (χ3n) is 3.07. The molecule has 0 saturated carbocycles. The fourth-order valence-electron chi connectivity index (χ4n) is 2.08. The third-order valence-corrected chi connectivity index (χ3v) is 4.47. The van der Waals surface area contributed by atoms with Gasteiger partial charge >= 0.3 is 0 Å². The lowest BCUT2D eigenvalue weighted by molar-refractivity contribution is 0.601. The third kappa shape index (κ3) is 2.04. The van der Waals surface area contributed by atoms with Gasteiger partial charge in [0.1, 0.15) is 16.8 Å². The molecule has 8 nitrogen and oxygen atoms in total. The molecule has 0 bridgehead atoms. The van der Waals surface area contributed by atoms with Crippen molar-refractivity contribution in [2.24, 2.45) is 0 Å². The van der Waals surface area contributed by atoms with Crippen LogP contribution in [0, 0.1) is 17.1 Å². The molecule has 0 unspecified atom stereocenters. The highest BCUT2D eigenvalue weighted by atomic mass is 32.2. The summed E-state index contributed by atoms with van der Waals surface area (Å²) in [5.41, 5.74) is 5.81. The second kappa shape index (κ2) is 4.74. The van der Waals surface area contributed by atoms with Crippen LogP contribution in [0.4, 0.5) is 15.9 Å². The molecule has 2 aromatic heterocycles. The summed E-state index contributed by atoms with van der Waals surface area (Å²) in [5.74, 6) is -0.811. The van der Waals surface area contributed by atoms with Crippen LogP contribution in [0.1, 0.15) is 5.56 Å². The second-order valence-corrected chi connectivity index (χ2v) is 6.05. The zero-order valence-corrected chi connectivity index (χ0v) is 11.7. The van der Waals surface area contributed by atoms with Crippen molar-refractivity contribution in [1.82, 2.24) is 15.2 Å². The molecule has 0 saturated heterocycles. The number of benzene rings is 1. The lowest BCUT2D eigenvalue weighted by Crippen LogP contribution is -2.14. The molecule has 0 amide bonds. The van der Waals surface area contributed by atoms with E-state index < -0.39 is 15.8 Å². The number of sulfonamides is 1. The minimum absolute atomic E-state index is 0.0165. The number of fused-ring (bicyclic) bond motifs is 1. The Bertz CT molecular complexity index is 1010.